The van der Waals surface area contributed by atoms with Crippen molar-refractivity contribution in [2.24, 2.45) is 0 Å². The quantitative estimate of drug-likeness (QED) is 0.604. The molecule has 0 aliphatic heterocycles. The van der Waals surface area contributed by atoms with Gasteiger partial charge in [0.05, 0.1) is 13.2 Å². The average Bonchev–Trinajstić information content (AvgIpc) is 2.05. The van der Waals surface area contributed by atoms with Crippen LogP contribution < -0.4 is 0 Å². The predicted octanol–water partition coefficient (Wildman–Crippen LogP) is 0.714. The Kier molecular flexibility index (Phi) is 7.23. The van der Waals surface area contributed by atoms with Gasteiger partial charge in [0, 0.05) is 6.42 Å². The second-order valence-corrected chi connectivity index (χ2v) is 2.29. The third-order valence-electron chi connectivity index (χ3n) is 1.56. The highest BCUT2D eigenvalue weighted by atomic mass is 16.2. The van der Waals surface area contributed by atoms with E-state index < -0.39 is 0 Å². The molecule has 0 rings (SSSR count). The normalized spacial score (nSPS) is 9.45. The first-order valence-electron chi connectivity index (χ1n) is 4.14. The molecule has 0 aromatic rings. The van der Waals surface area contributed by atoms with Gasteiger partial charge in [-0.15, -0.1) is 0 Å². The van der Waals surface area contributed by atoms with Gasteiger partial charge >= 0.3 is 0 Å². The smallest absolute Gasteiger partial charge is 0.0601 e. The number of hydrogen-bond acceptors (Lipinski definition) is 2. The van der Waals surface area contributed by atoms with E-state index in [9.17, 15) is 0 Å². The van der Waals surface area contributed by atoms with Gasteiger partial charge < -0.3 is 5.11 Å². The molecule has 0 aliphatic carbocycles. The van der Waals surface area contributed by atoms with E-state index in [2.05, 4.69) is 30.6 Å². The van der Waals surface area contributed by atoms with Gasteiger partial charge in [-0.3, -0.25) is 4.90 Å². The Labute approximate surface area is 69.2 Å². The van der Waals surface area contributed by atoms with E-state index in [1.807, 2.05) is 0 Å². The summed E-state index contributed by atoms with van der Waals surface area (Å²) in [6.07, 6.45) is 0.598. The molecule has 0 radical (unpaired) electrons. The van der Waals surface area contributed by atoms with Crippen LogP contribution in [-0.4, -0.2) is 36.2 Å². The molecular weight excluding hydrogens is 138 g/mol. The van der Waals surface area contributed by atoms with Gasteiger partial charge in [0.1, 0.15) is 0 Å². The van der Waals surface area contributed by atoms with Crippen LogP contribution in [0.4, 0.5) is 0 Å². The van der Waals surface area contributed by atoms with Crippen LogP contribution in [0.25, 0.3) is 0 Å². The summed E-state index contributed by atoms with van der Waals surface area (Å²) in [5.74, 6) is 5.90. The van der Waals surface area contributed by atoms with E-state index in [4.69, 9.17) is 5.11 Å². The number of hydrogen-bond donors (Lipinski definition) is 1. The van der Waals surface area contributed by atoms with Crippen LogP contribution in [0.5, 0.6) is 0 Å². The van der Waals surface area contributed by atoms with Crippen molar-refractivity contribution in [3.63, 3.8) is 0 Å². The van der Waals surface area contributed by atoms with Crippen molar-refractivity contribution < 1.29 is 5.11 Å². The molecule has 0 atom stereocenters. The number of rotatable bonds is 4. The fourth-order valence-corrected chi connectivity index (χ4v) is 0.759. The Hall–Kier alpha value is -0.520. The lowest BCUT2D eigenvalue weighted by atomic mass is 10.4. The van der Waals surface area contributed by atoms with Gasteiger partial charge in [0.2, 0.25) is 0 Å². The summed E-state index contributed by atoms with van der Waals surface area (Å²) in [6.45, 7) is 7.33. The van der Waals surface area contributed by atoms with Gasteiger partial charge in [0.25, 0.3) is 0 Å². The Morgan fingerprint density at radius 3 is 2.27 bits per heavy atom. The molecule has 0 aromatic heterocycles. The number of aliphatic hydroxyl groups is 1. The van der Waals surface area contributed by atoms with Gasteiger partial charge in [0.15, 0.2) is 0 Å². The number of nitrogens with zero attached hydrogens (tertiary/aromatic N) is 1. The first-order valence-corrected chi connectivity index (χ1v) is 4.14. The molecule has 64 valence electrons. The van der Waals surface area contributed by atoms with Crippen LogP contribution in [0.2, 0.25) is 0 Å². The monoisotopic (exact) mass is 155 g/mol. The Balaban J connectivity index is 3.43. The molecular formula is C9H17NO. The van der Waals surface area contributed by atoms with Gasteiger partial charge in [-0.25, -0.2) is 0 Å². The SMILES string of the molecule is CCN(CC)CC#CCCO. The molecule has 0 heterocycles. The maximum Gasteiger partial charge on any atom is 0.0601 e. The largest absolute Gasteiger partial charge is 0.395 e. The lowest BCUT2D eigenvalue weighted by Gasteiger charge is -2.13. The standard InChI is InChI=1S/C9H17NO/c1-3-10(4-2)8-6-5-7-9-11/h11H,3-4,7-9H2,1-2H3. The van der Waals surface area contributed by atoms with Gasteiger partial charge in [-0.1, -0.05) is 25.7 Å². The summed E-state index contributed by atoms with van der Waals surface area (Å²) in [7, 11) is 0. The minimum atomic E-state index is 0.172. The summed E-state index contributed by atoms with van der Waals surface area (Å²) in [6, 6.07) is 0. The number of aliphatic hydroxyl groups excluding tert-OH is 1. The summed E-state index contributed by atoms with van der Waals surface area (Å²) < 4.78 is 0. The molecule has 0 fully saturated rings. The van der Waals surface area contributed by atoms with E-state index in [1.165, 1.54) is 0 Å². The lowest BCUT2D eigenvalue weighted by molar-refractivity contribution is 0.304. The summed E-state index contributed by atoms with van der Waals surface area (Å²) >= 11 is 0. The third kappa shape index (κ3) is 5.90. The van der Waals surface area contributed by atoms with Crippen LogP contribution in [0.3, 0.4) is 0 Å². The second-order valence-electron chi connectivity index (χ2n) is 2.29. The fraction of sp³-hybridized carbons (Fsp3) is 0.778. The minimum absolute atomic E-state index is 0.172. The Morgan fingerprint density at radius 1 is 1.18 bits per heavy atom. The van der Waals surface area contributed by atoms with Crippen molar-refractivity contribution in [3.05, 3.63) is 0 Å². The van der Waals surface area contributed by atoms with Gasteiger partial charge in [-0.05, 0) is 13.1 Å². The van der Waals surface area contributed by atoms with E-state index in [0.29, 0.717) is 6.42 Å². The van der Waals surface area contributed by atoms with Crippen LogP contribution >= 0.6 is 0 Å². The summed E-state index contributed by atoms with van der Waals surface area (Å²) in [5.41, 5.74) is 0. The maximum absolute atomic E-state index is 8.43. The molecule has 0 saturated carbocycles. The fourth-order valence-electron chi connectivity index (χ4n) is 0.759. The molecule has 0 spiro atoms. The zero-order chi connectivity index (χ0) is 8.53. The van der Waals surface area contributed by atoms with E-state index in [-0.39, 0.29) is 6.61 Å². The second kappa shape index (κ2) is 7.59. The molecule has 0 aliphatic rings. The maximum atomic E-state index is 8.43. The van der Waals surface area contributed by atoms with Crippen molar-refractivity contribution in [1.29, 1.82) is 0 Å². The van der Waals surface area contributed by atoms with Crippen molar-refractivity contribution in [1.82, 2.24) is 4.90 Å². The first-order chi connectivity index (χ1) is 5.35. The molecule has 1 N–H and O–H groups in total. The highest BCUT2D eigenvalue weighted by Crippen LogP contribution is 1.83. The molecule has 11 heavy (non-hydrogen) atoms. The van der Waals surface area contributed by atoms with Crippen LogP contribution in [0.1, 0.15) is 20.3 Å². The lowest BCUT2D eigenvalue weighted by Crippen LogP contribution is -2.22. The molecule has 0 unspecified atom stereocenters. The van der Waals surface area contributed by atoms with Crippen molar-refractivity contribution >= 4 is 0 Å². The van der Waals surface area contributed by atoms with Crippen molar-refractivity contribution in [2.75, 3.05) is 26.2 Å². The molecule has 2 heteroatoms. The first kappa shape index (κ1) is 10.5. The van der Waals surface area contributed by atoms with Crippen LogP contribution in [0.15, 0.2) is 0 Å². The Bertz CT molecular complexity index is 130. The zero-order valence-corrected chi connectivity index (χ0v) is 7.43. The minimum Gasteiger partial charge on any atom is -0.395 e. The zero-order valence-electron chi connectivity index (χ0n) is 7.43. The van der Waals surface area contributed by atoms with Crippen LogP contribution in [0, 0.1) is 11.8 Å². The van der Waals surface area contributed by atoms with E-state index >= 15 is 0 Å². The van der Waals surface area contributed by atoms with Crippen molar-refractivity contribution in [2.45, 2.75) is 20.3 Å². The van der Waals surface area contributed by atoms with Crippen molar-refractivity contribution in [3.8, 4) is 11.8 Å². The topological polar surface area (TPSA) is 23.5 Å². The van der Waals surface area contributed by atoms with E-state index in [1.54, 1.807) is 0 Å². The Morgan fingerprint density at radius 2 is 1.82 bits per heavy atom. The third-order valence-corrected chi connectivity index (χ3v) is 1.56. The molecule has 0 aromatic carbocycles. The molecule has 0 amide bonds. The van der Waals surface area contributed by atoms with E-state index in [0.717, 1.165) is 19.6 Å². The highest BCUT2D eigenvalue weighted by molar-refractivity contribution is 5.00. The predicted molar refractivity (Wildman–Crippen MR) is 47.3 cm³/mol. The molecule has 0 saturated heterocycles. The average molecular weight is 155 g/mol. The molecule has 0 bridgehead atoms. The summed E-state index contributed by atoms with van der Waals surface area (Å²) in [5, 5.41) is 8.43. The van der Waals surface area contributed by atoms with Gasteiger partial charge in [-0.2, -0.15) is 0 Å². The van der Waals surface area contributed by atoms with Crippen LogP contribution in [-0.2, 0) is 0 Å². The molecule has 2 nitrogen and oxygen atoms in total. The highest BCUT2D eigenvalue weighted by Gasteiger charge is 1.92. The summed E-state index contributed by atoms with van der Waals surface area (Å²) in [4.78, 5) is 2.24.